The minimum absolute atomic E-state index is 0.204. The molecule has 0 radical (unpaired) electrons. The second-order valence-electron chi connectivity index (χ2n) is 10.1. The van der Waals surface area contributed by atoms with Gasteiger partial charge in [0.15, 0.2) is 0 Å². The highest BCUT2D eigenvalue weighted by Gasteiger charge is 2.35. The molecule has 0 spiro atoms. The van der Waals surface area contributed by atoms with Gasteiger partial charge in [-0.3, -0.25) is 4.79 Å². The van der Waals surface area contributed by atoms with Gasteiger partial charge >= 0.3 is 0 Å². The lowest BCUT2D eigenvalue weighted by Crippen LogP contribution is -2.38. The van der Waals surface area contributed by atoms with Crippen molar-refractivity contribution in [2.75, 3.05) is 26.2 Å². The molecule has 32 heavy (non-hydrogen) atoms. The second-order valence-corrected chi connectivity index (χ2v) is 12.3. The van der Waals surface area contributed by atoms with E-state index in [2.05, 4.69) is 57.8 Å². The summed E-state index contributed by atoms with van der Waals surface area (Å²) in [5.74, 6) is 1.71. The zero-order valence-corrected chi connectivity index (χ0v) is 22.1. The normalized spacial score (nSPS) is 23.9. The van der Waals surface area contributed by atoms with E-state index < -0.39 is 0 Å². The molecule has 2 heterocycles. The van der Waals surface area contributed by atoms with Gasteiger partial charge in [-0.1, -0.05) is 47.0 Å². The van der Waals surface area contributed by atoms with Crippen LogP contribution in [0.1, 0.15) is 70.8 Å². The van der Waals surface area contributed by atoms with Gasteiger partial charge in [-0.25, -0.2) is 0 Å². The predicted molar refractivity (Wildman–Crippen MR) is 138 cm³/mol. The first-order chi connectivity index (χ1) is 15.5. The van der Waals surface area contributed by atoms with E-state index in [-0.39, 0.29) is 6.10 Å². The van der Waals surface area contributed by atoms with Crippen molar-refractivity contribution in [2.45, 2.75) is 89.0 Å². The maximum atomic E-state index is 12.5. The number of halogens is 1. The first-order valence-corrected chi connectivity index (χ1v) is 14.3. The van der Waals surface area contributed by atoms with Crippen LogP contribution in [0, 0.1) is 5.92 Å². The zero-order chi connectivity index (χ0) is 22.5. The number of amides is 1. The van der Waals surface area contributed by atoms with Gasteiger partial charge in [0.1, 0.15) is 5.75 Å². The highest BCUT2D eigenvalue weighted by molar-refractivity contribution is 9.10. The molecule has 0 N–H and O–H groups in total. The summed E-state index contributed by atoms with van der Waals surface area (Å²) in [5, 5.41) is 0.830. The van der Waals surface area contributed by atoms with Crippen LogP contribution < -0.4 is 4.74 Å². The number of hydrogen-bond acceptors (Lipinski definition) is 4. The molecule has 1 aromatic carbocycles. The summed E-state index contributed by atoms with van der Waals surface area (Å²) in [6, 6.07) is 6.91. The van der Waals surface area contributed by atoms with E-state index >= 15 is 0 Å². The van der Waals surface area contributed by atoms with Crippen molar-refractivity contribution in [1.82, 2.24) is 9.80 Å². The molecule has 1 saturated carbocycles. The fourth-order valence-corrected chi connectivity index (χ4v) is 7.00. The number of carbonyl (C=O) groups is 1. The van der Waals surface area contributed by atoms with Crippen LogP contribution in [-0.2, 0) is 6.42 Å². The Hall–Kier alpha value is -0.720. The summed E-state index contributed by atoms with van der Waals surface area (Å²) in [6.45, 7) is 8.63. The average Bonchev–Trinajstić information content (AvgIpc) is 3.16. The number of rotatable bonds is 8. The summed E-state index contributed by atoms with van der Waals surface area (Å²) >= 11 is 5.34. The number of carbonyl (C=O) groups excluding carboxylic acids is 1. The highest BCUT2D eigenvalue weighted by atomic mass is 79.9. The van der Waals surface area contributed by atoms with Gasteiger partial charge in [0.25, 0.3) is 5.24 Å². The minimum atomic E-state index is 0.204. The predicted octanol–water partition coefficient (Wildman–Crippen LogP) is 6.75. The Morgan fingerprint density at radius 3 is 2.59 bits per heavy atom. The van der Waals surface area contributed by atoms with Crippen LogP contribution in [0.15, 0.2) is 22.7 Å². The molecule has 1 amide bonds. The summed E-state index contributed by atoms with van der Waals surface area (Å²) in [6.07, 6.45) is 11.4. The molecule has 1 aromatic rings. The standard InChI is InChI=1S/C26H39BrN2O2S/c1-19(2)31-23-8-9-25(27)21(17-23)16-20-10-13-28(14-11-20)15-12-24-18-29(26(30)32-24)22-6-4-3-5-7-22/h8-9,17,19-20,22,24H,3-7,10-16,18H2,1-2H3. The number of ether oxygens (including phenoxy) is 1. The van der Waals surface area contributed by atoms with Crippen molar-refractivity contribution in [3.63, 3.8) is 0 Å². The molecule has 2 saturated heterocycles. The number of thioether (sulfide) groups is 1. The monoisotopic (exact) mass is 522 g/mol. The highest BCUT2D eigenvalue weighted by Crippen LogP contribution is 2.34. The summed E-state index contributed by atoms with van der Waals surface area (Å²) in [4.78, 5) is 17.4. The summed E-state index contributed by atoms with van der Waals surface area (Å²) < 4.78 is 7.09. The molecule has 178 valence electrons. The van der Waals surface area contributed by atoms with E-state index in [9.17, 15) is 4.79 Å². The Balaban J connectivity index is 1.19. The number of piperidine rings is 1. The second kappa shape index (κ2) is 11.6. The molecular formula is C26H39BrN2O2S. The lowest BCUT2D eigenvalue weighted by molar-refractivity contribution is 0.171. The van der Waals surface area contributed by atoms with Gasteiger partial charge in [-0.2, -0.15) is 0 Å². The smallest absolute Gasteiger partial charge is 0.282 e. The van der Waals surface area contributed by atoms with Crippen LogP contribution in [0.2, 0.25) is 0 Å². The fourth-order valence-electron chi connectivity index (χ4n) is 5.49. The minimum Gasteiger partial charge on any atom is -0.491 e. The molecule has 1 unspecified atom stereocenters. The van der Waals surface area contributed by atoms with E-state index in [1.165, 1.54) is 68.1 Å². The van der Waals surface area contributed by atoms with E-state index in [4.69, 9.17) is 4.74 Å². The Morgan fingerprint density at radius 2 is 1.88 bits per heavy atom. The van der Waals surface area contributed by atoms with Gasteiger partial charge in [0.2, 0.25) is 0 Å². The Labute approximate surface area is 206 Å². The topological polar surface area (TPSA) is 32.8 Å². The lowest BCUT2D eigenvalue weighted by Gasteiger charge is -2.33. The number of likely N-dealkylation sites (tertiary alicyclic amines) is 1. The number of hydrogen-bond donors (Lipinski definition) is 0. The van der Waals surface area contributed by atoms with Crippen LogP contribution in [0.3, 0.4) is 0 Å². The summed E-state index contributed by atoms with van der Waals surface area (Å²) in [5.41, 5.74) is 1.37. The first kappa shape index (κ1) is 24.4. The van der Waals surface area contributed by atoms with Crippen molar-refractivity contribution in [1.29, 1.82) is 0 Å². The van der Waals surface area contributed by atoms with Crippen LogP contribution in [0.25, 0.3) is 0 Å². The third-order valence-corrected chi connectivity index (χ3v) is 9.22. The maximum Gasteiger partial charge on any atom is 0.282 e. The van der Waals surface area contributed by atoms with Crippen molar-refractivity contribution in [2.24, 2.45) is 5.92 Å². The zero-order valence-electron chi connectivity index (χ0n) is 19.7. The fraction of sp³-hybridized carbons (Fsp3) is 0.731. The van der Waals surface area contributed by atoms with Crippen LogP contribution >= 0.6 is 27.7 Å². The van der Waals surface area contributed by atoms with Crippen LogP contribution in [0.5, 0.6) is 5.75 Å². The Morgan fingerprint density at radius 1 is 1.12 bits per heavy atom. The molecule has 3 fully saturated rings. The molecule has 1 aliphatic carbocycles. The van der Waals surface area contributed by atoms with Crippen LogP contribution in [-0.4, -0.2) is 58.6 Å². The molecule has 0 bridgehead atoms. The van der Waals surface area contributed by atoms with E-state index in [0.717, 1.165) is 37.6 Å². The molecule has 4 nitrogen and oxygen atoms in total. The van der Waals surface area contributed by atoms with E-state index in [0.29, 0.717) is 16.5 Å². The molecule has 4 rings (SSSR count). The Kier molecular flexibility index (Phi) is 8.86. The van der Waals surface area contributed by atoms with E-state index in [1.54, 1.807) is 11.8 Å². The Bertz CT molecular complexity index is 760. The van der Waals surface area contributed by atoms with Gasteiger partial charge in [0.05, 0.1) is 6.10 Å². The van der Waals surface area contributed by atoms with Crippen molar-refractivity contribution in [3.8, 4) is 5.75 Å². The third kappa shape index (κ3) is 6.66. The molecular weight excluding hydrogens is 484 g/mol. The third-order valence-electron chi connectivity index (χ3n) is 7.29. The quantitative estimate of drug-likeness (QED) is 0.377. The average molecular weight is 524 g/mol. The molecule has 6 heteroatoms. The van der Waals surface area contributed by atoms with Crippen molar-refractivity contribution in [3.05, 3.63) is 28.2 Å². The number of nitrogens with zero attached hydrogens (tertiary/aromatic N) is 2. The lowest BCUT2D eigenvalue weighted by atomic mass is 9.90. The molecule has 2 aliphatic heterocycles. The SMILES string of the molecule is CC(C)Oc1ccc(Br)c(CC2CCN(CCC3CN(C4CCCCC4)C(=O)S3)CC2)c1. The van der Waals surface area contributed by atoms with Gasteiger partial charge in [0, 0.05) is 22.3 Å². The maximum absolute atomic E-state index is 12.5. The molecule has 0 aromatic heterocycles. The van der Waals surface area contributed by atoms with Gasteiger partial charge < -0.3 is 14.5 Å². The first-order valence-electron chi connectivity index (χ1n) is 12.6. The number of benzene rings is 1. The largest absolute Gasteiger partial charge is 0.491 e. The molecule has 3 aliphatic rings. The van der Waals surface area contributed by atoms with Gasteiger partial charge in [-0.05, 0) is 102 Å². The van der Waals surface area contributed by atoms with E-state index in [1.807, 2.05) is 0 Å². The van der Waals surface area contributed by atoms with Crippen LogP contribution in [0.4, 0.5) is 4.79 Å². The summed E-state index contributed by atoms with van der Waals surface area (Å²) in [7, 11) is 0. The van der Waals surface area contributed by atoms with Gasteiger partial charge in [-0.15, -0.1) is 0 Å². The van der Waals surface area contributed by atoms with Crippen molar-refractivity contribution < 1.29 is 9.53 Å². The van der Waals surface area contributed by atoms with Crippen molar-refractivity contribution >= 4 is 32.9 Å². The molecule has 1 atom stereocenters.